The molecule has 1 atom stereocenters. The summed E-state index contributed by atoms with van der Waals surface area (Å²) >= 11 is 0. The number of guanidine groups is 1. The molecule has 0 bridgehead atoms. The third-order valence-corrected chi connectivity index (χ3v) is 4.78. The van der Waals surface area contributed by atoms with Crippen LogP contribution in [-0.4, -0.2) is 71.1 Å². The van der Waals surface area contributed by atoms with Gasteiger partial charge in [-0.15, -0.1) is 24.0 Å². The number of rotatable bonds is 10. The van der Waals surface area contributed by atoms with Crippen LogP contribution in [-0.2, 0) is 15.9 Å². The van der Waals surface area contributed by atoms with E-state index in [4.69, 9.17) is 19.2 Å². The number of methoxy groups -OCH3 is 2. The van der Waals surface area contributed by atoms with Gasteiger partial charge in [0.1, 0.15) is 5.75 Å². The van der Waals surface area contributed by atoms with Gasteiger partial charge in [0, 0.05) is 39.2 Å². The van der Waals surface area contributed by atoms with E-state index in [0.717, 1.165) is 57.3 Å². The van der Waals surface area contributed by atoms with Crippen LogP contribution in [0.1, 0.15) is 24.5 Å². The van der Waals surface area contributed by atoms with Gasteiger partial charge in [0.15, 0.2) is 5.96 Å². The summed E-state index contributed by atoms with van der Waals surface area (Å²) < 4.78 is 16.2. The molecule has 1 fully saturated rings. The summed E-state index contributed by atoms with van der Waals surface area (Å²) in [5.74, 6) is 2.50. The Balaban J connectivity index is 0.00000392. The minimum atomic E-state index is 0. The van der Waals surface area contributed by atoms with Gasteiger partial charge in [0.2, 0.25) is 0 Å². The summed E-state index contributed by atoms with van der Waals surface area (Å²) in [7, 11) is 3.42. The largest absolute Gasteiger partial charge is 0.496 e. The first-order valence-electron chi connectivity index (χ1n) is 9.91. The highest BCUT2D eigenvalue weighted by atomic mass is 127. The second-order valence-corrected chi connectivity index (χ2v) is 6.97. The molecule has 0 spiro atoms. The summed E-state index contributed by atoms with van der Waals surface area (Å²) in [6.07, 6.45) is 2.01. The molecule has 1 N–H and O–H groups in total. The first-order valence-corrected chi connectivity index (χ1v) is 9.91. The molecule has 1 aliphatic rings. The highest BCUT2D eigenvalue weighted by Gasteiger charge is 2.24. The average Bonchev–Trinajstić information content (AvgIpc) is 3.13. The molecule has 0 aromatic heterocycles. The molecule has 6 nitrogen and oxygen atoms in total. The fourth-order valence-corrected chi connectivity index (χ4v) is 3.36. The number of aryl methyl sites for hydroxylation is 1. The highest BCUT2D eigenvalue weighted by Crippen LogP contribution is 2.20. The van der Waals surface area contributed by atoms with Crippen LogP contribution in [0.5, 0.6) is 5.75 Å². The lowest BCUT2D eigenvalue weighted by Crippen LogP contribution is -2.40. The van der Waals surface area contributed by atoms with E-state index >= 15 is 0 Å². The topological polar surface area (TPSA) is 55.3 Å². The van der Waals surface area contributed by atoms with E-state index in [9.17, 15) is 0 Å². The van der Waals surface area contributed by atoms with Crippen LogP contribution in [0.4, 0.5) is 0 Å². The Kier molecular flexibility index (Phi) is 12.5. The van der Waals surface area contributed by atoms with E-state index in [-0.39, 0.29) is 24.0 Å². The van der Waals surface area contributed by atoms with Crippen LogP contribution in [0, 0.1) is 12.8 Å². The van der Waals surface area contributed by atoms with Crippen LogP contribution < -0.4 is 10.1 Å². The number of ether oxygens (including phenoxy) is 3. The summed E-state index contributed by atoms with van der Waals surface area (Å²) in [5, 5.41) is 3.43. The number of likely N-dealkylation sites (tertiary alicyclic amines) is 1. The van der Waals surface area contributed by atoms with E-state index in [1.54, 1.807) is 14.2 Å². The highest BCUT2D eigenvalue weighted by molar-refractivity contribution is 14.0. The Morgan fingerprint density at radius 3 is 2.82 bits per heavy atom. The molecule has 1 aromatic carbocycles. The van der Waals surface area contributed by atoms with Crippen LogP contribution in [0.25, 0.3) is 0 Å². The predicted octanol–water partition coefficient (Wildman–Crippen LogP) is 3.11. The smallest absolute Gasteiger partial charge is 0.193 e. The van der Waals surface area contributed by atoms with Crippen LogP contribution in [0.15, 0.2) is 23.2 Å². The summed E-state index contributed by atoms with van der Waals surface area (Å²) in [4.78, 5) is 7.20. The second kappa shape index (κ2) is 14.0. The first-order chi connectivity index (χ1) is 13.2. The molecule has 1 aliphatic heterocycles. The summed E-state index contributed by atoms with van der Waals surface area (Å²) in [5.41, 5.74) is 2.46. The van der Waals surface area contributed by atoms with Crippen molar-refractivity contribution >= 4 is 29.9 Å². The zero-order valence-electron chi connectivity index (χ0n) is 17.7. The van der Waals surface area contributed by atoms with Crippen molar-refractivity contribution in [3.05, 3.63) is 29.3 Å². The first kappa shape index (κ1) is 25.0. The number of benzene rings is 1. The van der Waals surface area contributed by atoms with Crippen LogP contribution >= 0.6 is 24.0 Å². The standard InChI is InChI=1S/C21H35N3O3.HI/c1-5-22-21(24-11-9-18(15-24)16-27-13-12-25-3)23-10-8-19-14-17(2)6-7-20(19)26-4;/h6-7,14,18H,5,8-13,15-16H2,1-4H3,(H,22,23);1H. The molecule has 1 heterocycles. The molecule has 1 saturated heterocycles. The van der Waals surface area contributed by atoms with Gasteiger partial charge in [-0.2, -0.15) is 0 Å². The van der Waals surface area contributed by atoms with Crippen molar-refractivity contribution in [1.82, 2.24) is 10.2 Å². The quantitative estimate of drug-likeness (QED) is 0.229. The number of aliphatic imine (C=N–C) groups is 1. The Labute approximate surface area is 187 Å². The van der Waals surface area contributed by atoms with Crippen molar-refractivity contribution in [3.63, 3.8) is 0 Å². The Morgan fingerprint density at radius 1 is 1.29 bits per heavy atom. The molecule has 1 unspecified atom stereocenters. The maximum absolute atomic E-state index is 5.70. The van der Waals surface area contributed by atoms with Crippen molar-refractivity contribution in [3.8, 4) is 5.75 Å². The van der Waals surface area contributed by atoms with Gasteiger partial charge >= 0.3 is 0 Å². The SMILES string of the molecule is CCNC(=NCCc1cc(C)ccc1OC)N1CCC(COCCOC)C1.I. The maximum Gasteiger partial charge on any atom is 0.193 e. The molecule has 0 radical (unpaired) electrons. The molecular formula is C21H36IN3O3. The van der Waals surface area contributed by atoms with Crippen molar-refractivity contribution in [2.24, 2.45) is 10.9 Å². The predicted molar refractivity (Wildman–Crippen MR) is 125 cm³/mol. The molecule has 2 rings (SSSR count). The number of nitrogens with one attached hydrogen (secondary N) is 1. The van der Waals surface area contributed by atoms with Gasteiger partial charge in [-0.1, -0.05) is 17.7 Å². The molecule has 0 amide bonds. The molecule has 28 heavy (non-hydrogen) atoms. The zero-order chi connectivity index (χ0) is 19.5. The van der Waals surface area contributed by atoms with Gasteiger partial charge in [-0.25, -0.2) is 0 Å². The van der Waals surface area contributed by atoms with Crippen LogP contribution in [0.2, 0.25) is 0 Å². The lowest BCUT2D eigenvalue weighted by Gasteiger charge is -2.22. The lowest BCUT2D eigenvalue weighted by atomic mass is 10.1. The minimum Gasteiger partial charge on any atom is -0.496 e. The van der Waals surface area contributed by atoms with Crippen molar-refractivity contribution in [2.75, 3.05) is 60.2 Å². The van der Waals surface area contributed by atoms with Gasteiger partial charge in [0.25, 0.3) is 0 Å². The van der Waals surface area contributed by atoms with E-state index in [0.29, 0.717) is 19.1 Å². The van der Waals surface area contributed by atoms with E-state index in [1.807, 2.05) is 6.07 Å². The molecule has 160 valence electrons. The number of hydrogen-bond acceptors (Lipinski definition) is 4. The Hall–Kier alpha value is -1.06. The third-order valence-electron chi connectivity index (χ3n) is 4.78. The minimum absolute atomic E-state index is 0. The van der Waals surface area contributed by atoms with Crippen molar-refractivity contribution in [1.29, 1.82) is 0 Å². The zero-order valence-corrected chi connectivity index (χ0v) is 20.0. The molecule has 0 aliphatic carbocycles. The fraction of sp³-hybridized carbons (Fsp3) is 0.667. The molecule has 1 aromatic rings. The third kappa shape index (κ3) is 8.13. The van der Waals surface area contributed by atoms with Gasteiger partial charge in [0.05, 0.1) is 26.9 Å². The lowest BCUT2D eigenvalue weighted by molar-refractivity contribution is 0.0536. The van der Waals surface area contributed by atoms with Gasteiger partial charge in [-0.3, -0.25) is 4.99 Å². The fourth-order valence-electron chi connectivity index (χ4n) is 3.36. The maximum atomic E-state index is 5.70. The van der Waals surface area contributed by atoms with E-state index < -0.39 is 0 Å². The number of nitrogens with zero attached hydrogens (tertiary/aromatic N) is 2. The normalized spacial score (nSPS) is 16.8. The van der Waals surface area contributed by atoms with Crippen LogP contribution in [0.3, 0.4) is 0 Å². The van der Waals surface area contributed by atoms with Gasteiger partial charge < -0.3 is 24.4 Å². The Morgan fingerprint density at radius 2 is 2.11 bits per heavy atom. The summed E-state index contributed by atoms with van der Waals surface area (Å²) in [6.45, 7) is 9.97. The van der Waals surface area contributed by atoms with Crippen molar-refractivity contribution < 1.29 is 14.2 Å². The van der Waals surface area contributed by atoms with Gasteiger partial charge in [-0.05, 0) is 38.3 Å². The monoisotopic (exact) mass is 505 g/mol. The van der Waals surface area contributed by atoms with Crippen molar-refractivity contribution in [2.45, 2.75) is 26.7 Å². The molecule has 7 heteroatoms. The van der Waals surface area contributed by atoms with E-state index in [2.05, 4.69) is 36.2 Å². The Bertz CT molecular complexity index is 598. The number of halogens is 1. The van der Waals surface area contributed by atoms with E-state index in [1.165, 1.54) is 11.1 Å². The molecular weight excluding hydrogens is 469 g/mol. The summed E-state index contributed by atoms with van der Waals surface area (Å²) in [6, 6.07) is 6.30. The average molecular weight is 505 g/mol. The number of hydrogen-bond donors (Lipinski definition) is 1. The second-order valence-electron chi connectivity index (χ2n) is 6.97. The molecule has 0 saturated carbocycles.